The van der Waals surface area contributed by atoms with Crippen LogP contribution in [0, 0.1) is 11.3 Å². The van der Waals surface area contributed by atoms with Crippen molar-refractivity contribution in [2.45, 2.75) is 25.2 Å². The molecule has 0 spiro atoms. The Bertz CT molecular complexity index is 336. The molecule has 74 valence electrons. The quantitative estimate of drug-likeness (QED) is 0.747. The lowest BCUT2D eigenvalue weighted by Gasteiger charge is -2.19. The monoisotopic (exact) mass is 208 g/mol. The van der Waals surface area contributed by atoms with Crippen LogP contribution < -0.4 is 0 Å². The van der Waals surface area contributed by atoms with Crippen LogP contribution in [0.2, 0.25) is 0 Å². The number of hydrogen-bond donors (Lipinski definition) is 0. The zero-order valence-corrected chi connectivity index (χ0v) is 8.72. The van der Waals surface area contributed by atoms with Gasteiger partial charge in [-0.25, -0.2) is 4.98 Å². The minimum absolute atomic E-state index is 0.430. The lowest BCUT2D eigenvalue weighted by Crippen LogP contribution is -2.13. The SMILES string of the molecule is N#CCc1csc(C2CCOCC2)n1. The Kier molecular flexibility index (Phi) is 3.12. The molecule has 0 aromatic carbocycles. The third-order valence-corrected chi connectivity index (χ3v) is 3.46. The number of thiazole rings is 1. The topological polar surface area (TPSA) is 45.9 Å². The van der Waals surface area contributed by atoms with E-state index in [1.807, 2.05) is 5.38 Å². The highest BCUT2D eigenvalue weighted by molar-refractivity contribution is 7.09. The minimum atomic E-state index is 0.430. The maximum Gasteiger partial charge on any atom is 0.0961 e. The maximum atomic E-state index is 8.53. The van der Waals surface area contributed by atoms with Crippen LogP contribution in [0.5, 0.6) is 0 Å². The molecular weight excluding hydrogens is 196 g/mol. The van der Waals surface area contributed by atoms with Gasteiger partial charge in [0, 0.05) is 24.5 Å². The van der Waals surface area contributed by atoms with Gasteiger partial charge in [-0.05, 0) is 12.8 Å². The van der Waals surface area contributed by atoms with Gasteiger partial charge in [0.25, 0.3) is 0 Å². The minimum Gasteiger partial charge on any atom is -0.381 e. The molecule has 2 heterocycles. The van der Waals surface area contributed by atoms with E-state index in [1.165, 1.54) is 5.01 Å². The molecule has 1 aliphatic heterocycles. The zero-order chi connectivity index (χ0) is 9.80. The molecule has 4 heteroatoms. The van der Waals surface area contributed by atoms with Gasteiger partial charge in [-0.2, -0.15) is 5.26 Å². The molecular formula is C10H12N2OS. The summed E-state index contributed by atoms with van der Waals surface area (Å²) in [6.45, 7) is 1.69. The Morgan fingerprint density at radius 3 is 3.07 bits per heavy atom. The first-order valence-electron chi connectivity index (χ1n) is 4.79. The van der Waals surface area contributed by atoms with E-state index < -0.39 is 0 Å². The fourth-order valence-electron chi connectivity index (χ4n) is 1.62. The van der Waals surface area contributed by atoms with E-state index >= 15 is 0 Å². The van der Waals surface area contributed by atoms with E-state index in [9.17, 15) is 0 Å². The number of hydrogen-bond acceptors (Lipinski definition) is 4. The molecule has 1 aromatic rings. The first kappa shape index (κ1) is 9.63. The highest BCUT2D eigenvalue weighted by Gasteiger charge is 2.18. The number of ether oxygens (including phenoxy) is 1. The Hall–Kier alpha value is -0.920. The van der Waals surface area contributed by atoms with Crippen molar-refractivity contribution in [3.05, 3.63) is 16.1 Å². The third kappa shape index (κ3) is 2.11. The fraction of sp³-hybridized carbons (Fsp3) is 0.600. The van der Waals surface area contributed by atoms with Gasteiger partial charge in [0.05, 0.1) is 23.2 Å². The van der Waals surface area contributed by atoms with Gasteiger partial charge in [-0.3, -0.25) is 0 Å². The van der Waals surface area contributed by atoms with Crippen molar-refractivity contribution in [3.63, 3.8) is 0 Å². The van der Waals surface area contributed by atoms with Crippen LogP contribution in [0.1, 0.15) is 29.5 Å². The summed E-state index contributed by atoms with van der Waals surface area (Å²) in [7, 11) is 0. The van der Waals surface area contributed by atoms with Gasteiger partial charge in [-0.1, -0.05) is 0 Å². The molecule has 0 aliphatic carbocycles. The molecule has 0 saturated carbocycles. The summed E-state index contributed by atoms with van der Waals surface area (Å²) in [5.74, 6) is 0.557. The van der Waals surface area contributed by atoms with Crippen LogP contribution >= 0.6 is 11.3 Å². The second-order valence-electron chi connectivity index (χ2n) is 3.40. The summed E-state index contributed by atoms with van der Waals surface area (Å²) in [4.78, 5) is 4.46. The second-order valence-corrected chi connectivity index (χ2v) is 4.29. The zero-order valence-electron chi connectivity index (χ0n) is 7.90. The predicted octanol–water partition coefficient (Wildman–Crippen LogP) is 2.10. The van der Waals surface area contributed by atoms with Crippen LogP contribution in [0.3, 0.4) is 0 Å². The number of nitrogens with zero attached hydrogens (tertiary/aromatic N) is 2. The van der Waals surface area contributed by atoms with Crippen molar-refractivity contribution in [1.82, 2.24) is 4.98 Å². The van der Waals surface area contributed by atoms with E-state index in [-0.39, 0.29) is 0 Å². The predicted molar refractivity (Wildman–Crippen MR) is 54.2 cm³/mol. The van der Waals surface area contributed by atoms with Crippen molar-refractivity contribution in [2.24, 2.45) is 0 Å². The summed E-state index contributed by atoms with van der Waals surface area (Å²) in [6, 6.07) is 2.12. The van der Waals surface area contributed by atoms with Crippen molar-refractivity contribution in [3.8, 4) is 6.07 Å². The summed E-state index contributed by atoms with van der Waals surface area (Å²) in [5.41, 5.74) is 0.916. The molecule has 2 rings (SSSR count). The lowest BCUT2D eigenvalue weighted by molar-refractivity contribution is 0.0852. The van der Waals surface area contributed by atoms with Gasteiger partial charge in [0.15, 0.2) is 0 Å². The molecule has 1 fully saturated rings. The molecule has 0 atom stereocenters. The molecule has 1 aliphatic rings. The molecule has 0 amide bonds. The Morgan fingerprint density at radius 1 is 1.57 bits per heavy atom. The van der Waals surface area contributed by atoms with Crippen molar-refractivity contribution in [2.75, 3.05) is 13.2 Å². The van der Waals surface area contributed by atoms with E-state index in [0.717, 1.165) is 31.7 Å². The number of rotatable bonds is 2. The van der Waals surface area contributed by atoms with Crippen LogP contribution in [0.4, 0.5) is 0 Å². The highest BCUT2D eigenvalue weighted by atomic mass is 32.1. The van der Waals surface area contributed by atoms with E-state index in [2.05, 4.69) is 11.1 Å². The van der Waals surface area contributed by atoms with Crippen molar-refractivity contribution < 1.29 is 4.74 Å². The summed E-state index contributed by atoms with van der Waals surface area (Å²) in [6.07, 6.45) is 2.57. The maximum absolute atomic E-state index is 8.53. The standard InChI is InChI=1S/C10H12N2OS/c11-4-1-9-7-14-10(12-9)8-2-5-13-6-3-8/h7-8H,1-3,5-6H2. The van der Waals surface area contributed by atoms with E-state index in [0.29, 0.717) is 12.3 Å². The summed E-state index contributed by atoms with van der Waals surface area (Å²) < 4.78 is 5.30. The van der Waals surface area contributed by atoms with E-state index in [4.69, 9.17) is 10.00 Å². The Labute approximate surface area is 87.3 Å². The molecule has 0 radical (unpaired) electrons. The first-order valence-corrected chi connectivity index (χ1v) is 5.67. The molecule has 0 bridgehead atoms. The van der Waals surface area contributed by atoms with E-state index in [1.54, 1.807) is 11.3 Å². The van der Waals surface area contributed by atoms with Gasteiger partial charge < -0.3 is 4.74 Å². The highest BCUT2D eigenvalue weighted by Crippen LogP contribution is 2.29. The lowest BCUT2D eigenvalue weighted by atomic mass is 10.0. The average Bonchev–Trinajstić information content (AvgIpc) is 2.68. The number of nitriles is 1. The Balaban J connectivity index is 2.04. The van der Waals surface area contributed by atoms with Gasteiger partial charge in [0.1, 0.15) is 0 Å². The Morgan fingerprint density at radius 2 is 2.36 bits per heavy atom. The average molecular weight is 208 g/mol. The molecule has 1 aromatic heterocycles. The molecule has 0 unspecified atom stereocenters. The largest absolute Gasteiger partial charge is 0.381 e. The van der Waals surface area contributed by atoms with Gasteiger partial charge in [-0.15, -0.1) is 11.3 Å². The summed E-state index contributed by atoms with van der Waals surface area (Å²) in [5, 5.41) is 11.7. The number of aromatic nitrogens is 1. The van der Waals surface area contributed by atoms with Gasteiger partial charge >= 0.3 is 0 Å². The molecule has 1 saturated heterocycles. The first-order chi connectivity index (χ1) is 6.90. The van der Waals surface area contributed by atoms with Crippen molar-refractivity contribution in [1.29, 1.82) is 5.26 Å². The normalized spacial score (nSPS) is 17.9. The fourth-order valence-corrected chi connectivity index (χ4v) is 2.61. The second kappa shape index (κ2) is 4.54. The summed E-state index contributed by atoms with van der Waals surface area (Å²) >= 11 is 1.68. The molecule has 3 nitrogen and oxygen atoms in total. The van der Waals surface area contributed by atoms with Crippen LogP contribution in [0.25, 0.3) is 0 Å². The van der Waals surface area contributed by atoms with Gasteiger partial charge in [0.2, 0.25) is 0 Å². The van der Waals surface area contributed by atoms with Crippen LogP contribution in [-0.4, -0.2) is 18.2 Å². The molecule has 14 heavy (non-hydrogen) atoms. The van der Waals surface area contributed by atoms with Crippen LogP contribution in [0.15, 0.2) is 5.38 Å². The third-order valence-electron chi connectivity index (χ3n) is 2.40. The van der Waals surface area contributed by atoms with Crippen molar-refractivity contribution >= 4 is 11.3 Å². The smallest absolute Gasteiger partial charge is 0.0961 e. The molecule has 0 N–H and O–H groups in total. The van der Waals surface area contributed by atoms with Crippen LogP contribution in [-0.2, 0) is 11.2 Å².